The molecule has 0 unspecified atom stereocenters. The summed E-state index contributed by atoms with van der Waals surface area (Å²) in [5, 5.41) is 1.89. The Morgan fingerprint density at radius 3 is 2.67 bits per heavy atom. The van der Waals surface area contributed by atoms with Gasteiger partial charge in [0.1, 0.15) is 5.75 Å². The van der Waals surface area contributed by atoms with Gasteiger partial charge in [-0.25, -0.2) is 8.42 Å². The standard InChI is InChI=1S/C16H20N2O4S2/c1-3-8-22-15-7-6-13(10-14(15)16(17)19)24(20,21)18(2)11-12-5-4-9-23-12/h4-7,9-10H,3,8,11H2,1-2H3,(H2,17,19). The first-order valence-corrected chi connectivity index (χ1v) is 9.73. The molecule has 0 bridgehead atoms. The minimum Gasteiger partial charge on any atom is -0.493 e. The van der Waals surface area contributed by atoms with Crippen molar-refractivity contribution in [1.82, 2.24) is 4.31 Å². The molecule has 0 saturated heterocycles. The third kappa shape index (κ3) is 4.14. The minimum absolute atomic E-state index is 0.0132. The van der Waals surface area contributed by atoms with Crippen LogP contribution in [0.4, 0.5) is 0 Å². The number of hydrogen-bond donors (Lipinski definition) is 1. The molecule has 24 heavy (non-hydrogen) atoms. The Bertz CT molecular complexity index is 801. The van der Waals surface area contributed by atoms with Crippen LogP contribution in [0.5, 0.6) is 5.75 Å². The van der Waals surface area contributed by atoms with Gasteiger partial charge < -0.3 is 10.5 Å². The molecule has 0 spiro atoms. The highest BCUT2D eigenvalue weighted by Gasteiger charge is 2.23. The van der Waals surface area contributed by atoms with E-state index in [0.717, 1.165) is 11.3 Å². The van der Waals surface area contributed by atoms with E-state index in [9.17, 15) is 13.2 Å². The van der Waals surface area contributed by atoms with Crippen LogP contribution in [0.1, 0.15) is 28.6 Å². The summed E-state index contributed by atoms with van der Waals surface area (Å²) in [6.45, 7) is 2.62. The van der Waals surface area contributed by atoms with Gasteiger partial charge >= 0.3 is 0 Å². The van der Waals surface area contributed by atoms with Crippen LogP contribution in [0.2, 0.25) is 0 Å². The zero-order valence-corrected chi connectivity index (χ0v) is 15.2. The highest BCUT2D eigenvalue weighted by Crippen LogP contribution is 2.25. The first-order chi connectivity index (χ1) is 11.4. The maximum absolute atomic E-state index is 12.7. The molecule has 0 aliphatic rings. The van der Waals surface area contributed by atoms with Gasteiger partial charge in [0.2, 0.25) is 10.0 Å². The van der Waals surface area contributed by atoms with Gasteiger partial charge in [0.15, 0.2) is 0 Å². The molecule has 130 valence electrons. The van der Waals surface area contributed by atoms with Crippen LogP contribution in [0.3, 0.4) is 0 Å². The summed E-state index contributed by atoms with van der Waals surface area (Å²) < 4.78 is 32.1. The fourth-order valence-corrected chi connectivity index (χ4v) is 4.10. The van der Waals surface area contributed by atoms with Crippen LogP contribution in [-0.2, 0) is 16.6 Å². The third-order valence-electron chi connectivity index (χ3n) is 3.34. The van der Waals surface area contributed by atoms with Crippen molar-refractivity contribution in [2.24, 2.45) is 5.73 Å². The molecule has 0 saturated carbocycles. The molecule has 0 atom stereocenters. The van der Waals surface area contributed by atoms with E-state index < -0.39 is 15.9 Å². The van der Waals surface area contributed by atoms with E-state index in [4.69, 9.17) is 10.5 Å². The summed E-state index contributed by atoms with van der Waals surface area (Å²) in [6, 6.07) is 7.91. The molecular formula is C16H20N2O4S2. The van der Waals surface area contributed by atoms with Crippen LogP contribution >= 0.6 is 11.3 Å². The van der Waals surface area contributed by atoms with Gasteiger partial charge in [0, 0.05) is 18.5 Å². The summed E-state index contributed by atoms with van der Waals surface area (Å²) in [4.78, 5) is 12.6. The summed E-state index contributed by atoms with van der Waals surface area (Å²) in [7, 11) is -2.23. The van der Waals surface area contributed by atoms with Gasteiger partial charge in [-0.1, -0.05) is 13.0 Å². The molecule has 2 rings (SSSR count). The number of amides is 1. The third-order valence-corrected chi connectivity index (χ3v) is 6.01. The summed E-state index contributed by atoms with van der Waals surface area (Å²) in [6.07, 6.45) is 0.766. The van der Waals surface area contributed by atoms with Crippen molar-refractivity contribution in [3.05, 3.63) is 46.2 Å². The molecule has 8 heteroatoms. The molecule has 6 nitrogen and oxygen atoms in total. The average molecular weight is 368 g/mol. The highest BCUT2D eigenvalue weighted by atomic mass is 32.2. The van der Waals surface area contributed by atoms with Crippen molar-refractivity contribution >= 4 is 27.3 Å². The Morgan fingerprint density at radius 2 is 2.08 bits per heavy atom. The topological polar surface area (TPSA) is 89.7 Å². The van der Waals surface area contributed by atoms with Crippen LogP contribution < -0.4 is 10.5 Å². The Labute approximate surface area is 145 Å². The van der Waals surface area contributed by atoms with E-state index in [-0.39, 0.29) is 17.0 Å². The fraction of sp³-hybridized carbons (Fsp3) is 0.312. The molecule has 1 aromatic heterocycles. The first-order valence-electron chi connectivity index (χ1n) is 7.41. The van der Waals surface area contributed by atoms with Gasteiger partial charge in [-0.15, -0.1) is 11.3 Å². The number of sulfonamides is 1. The van der Waals surface area contributed by atoms with Crippen molar-refractivity contribution in [2.75, 3.05) is 13.7 Å². The number of hydrogen-bond acceptors (Lipinski definition) is 5. The molecule has 0 radical (unpaired) electrons. The number of nitrogens with two attached hydrogens (primary N) is 1. The van der Waals surface area contributed by atoms with Gasteiger partial charge in [-0.3, -0.25) is 4.79 Å². The lowest BCUT2D eigenvalue weighted by atomic mass is 10.2. The van der Waals surface area contributed by atoms with Crippen LogP contribution in [0, 0.1) is 0 Å². The van der Waals surface area contributed by atoms with E-state index in [1.807, 2.05) is 24.4 Å². The Morgan fingerprint density at radius 1 is 1.33 bits per heavy atom. The SMILES string of the molecule is CCCOc1ccc(S(=O)(=O)N(C)Cc2cccs2)cc1C(N)=O. The monoisotopic (exact) mass is 368 g/mol. The van der Waals surface area contributed by atoms with Crippen molar-refractivity contribution in [3.8, 4) is 5.75 Å². The smallest absolute Gasteiger partial charge is 0.252 e. The fourth-order valence-electron chi connectivity index (χ4n) is 2.09. The molecule has 1 heterocycles. The summed E-state index contributed by atoms with van der Waals surface area (Å²) in [5.74, 6) is -0.428. The molecule has 1 amide bonds. The van der Waals surface area contributed by atoms with Crippen molar-refractivity contribution in [2.45, 2.75) is 24.8 Å². The van der Waals surface area contributed by atoms with E-state index in [1.165, 1.54) is 40.9 Å². The number of primary amides is 1. The lowest BCUT2D eigenvalue weighted by Gasteiger charge is -2.17. The summed E-state index contributed by atoms with van der Waals surface area (Å²) in [5.41, 5.74) is 5.42. The van der Waals surface area contributed by atoms with Crippen LogP contribution in [0.15, 0.2) is 40.6 Å². The van der Waals surface area contributed by atoms with Gasteiger partial charge in [-0.05, 0) is 36.1 Å². The first kappa shape index (κ1) is 18.4. The number of thiophene rings is 1. The molecule has 1 aromatic carbocycles. The molecule has 0 aliphatic heterocycles. The molecule has 2 N–H and O–H groups in total. The van der Waals surface area contributed by atoms with Crippen molar-refractivity contribution in [1.29, 1.82) is 0 Å². The maximum Gasteiger partial charge on any atom is 0.252 e. The van der Waals surface area contributed by atoms with Crippen molar-refractivity contribution in [3.63, 3.8) is 0 Å². The van der Waals surface area contributed by atoms with E-state index in [2.05, 4.69) is 0 Å². The molecule has 0 aliphatic carbocycles. The van der Waals surface area contributed by atoms with E-state index in [1.54, 1.807) is 0 Å². The minimum atomic E-state index is -3.73. The Kier molecular flexibility index (Phi) is 5.98. The number of nitrogens with zero attached hydrogens (tertiary/aromatic N) is 1. The lowest BCUT2D eigenvalue weighted by Crippen LogP contribution is -2.26. The molecule has 0 fully saturated rings. The Balaban J connectivity index is 2.32. The number of carbonyl (C=O) groups excluding carboxylic acids is 1. The van der Waals surface area contributed by atoms with Crippen LogP contribution in [-0.4, -0.2) is 32.3 Å². The second kappa shape index (κ2) is 7.78. The van der Waals surface area contributed by atoms with Crippen molar-refractivity contribution < 1.29 is 17.9 Å². The zero-order chi connectivity index (χ0) is 17.7. The number of rotatable bonds is 8. The van der Waals surface area contributed by atoms with Gasteiger partial charge in [-0.2, -0.15) is 4.31 Å². The summed E-state index contributed by atoms with van der Waals surface area (Å²) >= 11 is 1.48. The normalized spacial score (nSPS) is 11.6. The molecule has 2 aromatic rings. The number of benzene rings is 1. The van der Waals surface area contributed by atoms with Gasteiger partial charge in [0.05, 0.1) is 17.1 Å². The predicted octanol–water partition coefficient (Wildman–Crippen LogP) is 2.46. The predicted molar refractivity (Wildman–Crippen MR) is 93.7 cm³/mol. The number of carbonyl (C=O) groups is 1. The zero-order valence-electron chi connectivity index (χ0n) is 13.6. The second-order valence-corrected chi connectivity index (χ2v) is 8.29. The van der Waals surface area contributed by atoms with Gasteiger partial charge in [0.25, 0.3) is 5.91 Å². The lowest BCUT2D eigenvalue weighted by molar-refractivity contribution is 0.0996. The quantitative estimate of drug-likeness (QED) is 0.775. The van der Waals surface area contributed by atoms with E-state index >= 15 is 0 Å². The van der Waals surface area contributed by atoms with E-state index in [0.29, 0.717) is 12.4 Å². The van der Waals surface area contributed by atoms with Crippen LogP contribution in [0.25, 0.3) is 0 Å². The average Bonchev–Trinajstić information content (AvgIpc) is 3.05. The highest BCUT2D eigenvalue weighted by molar-refractivity contribution is 7.89. The molecular weight excluding hydrogens is 348 g/mol. The largest absolute Gasteiger partial charge is 0.493 e. The second-order valence-electron chi connectivity index (χ2n) is 5.21. The maximum atomic E-state index is 12.7. The Hall–Kier alpha value is -1.90. The number of ether oxygens (including phenoxy) is 1.